The number of carbonyl (C=O) groups is 2. The maximum absolute atomic E-state index is 11.4. The number of hydrogen-bond acceptors (Lipinski definition) is 4. The zero-order chi connectivity index (χ0) is 10.2. The zero-order valence-corrected chi connectivity index (χ0v) is 8.51. The van der Waals surface area contributed by atoms with Crippen LogP contribution in [0.25, 0.3) is 0 Å². The van der Waals surface area contributed by atoms with Crippen molar-refractivity contribution >= 4 is 23.7 Å². The predicted molar refractivity (Wildman–Crippen MR) is 50.9 cm³/mol. The van der Waals surface area contributed by atoms with E-state index in [9.17, 15) is 9.59 Å². The number of carboxylic acid groups (broad SMARTS) is 1. The minimum absolute atomic E-state index is 0.120. The first-order valence-electron chi connectivity index (χ1n) is 4.74. The normalized spacial score (nSPS) is 29.4. The van der Waals surface area contributed by atoms with E-state index in [0.29, 0.717) is 0 Å². The second kappa shape index (κ2) is 3.46. The first-order chi connectivity index (χ1) is 6.61. The summed E-state index contributed by atoms with van der Waals surface area (Å²) >= 11 is 1.40. The average Bonchev–Trinajstić information content (AvgIpc) is 2.61. The van der Waals surface area contributed by atoms with E-state index in [2.05, 4.69) is 0 Å². The topological polar surface area (TPSA) is 63.6 Å². The lowest BCUT2D eigenvalue weighted by Crippen LogP contribution is -2.20. The van der Waals surface area contributed by atoms with Crippen molar-refractivity contribution in [3.05, 3.63) is 0 Å². The molecule has 0 unspecified atom stereocenters. The lowest BCUT2D eigenvalue weighted by molar-refractivity contribution is -0.150. The van der Waals surface area contributed by atoms with Crippen molar-refractivity contribution in [1.29, 1.82) is 0 Å². The fourth-order valence-corrected chi connectivity index (χ4v) is 3.54. The lowest BCUT2D eigenvalue weighted by atomic mass is 10.3. The Hall–Kier alpha value is -0.710. The smallest absolute Gasteiger partial charge is 0.321 e. The Balaban J connectivity index is 2.02. The van der Waals surface area contributed by atoms with E-state index < -0.39 is 11.2 Å². The molecule has 0 bridgehead atoms. The van der Waals surface area contributed by atoms with Crippen molar-refractivity contribution in [3.63, 3.8) is 0 Å². The molecule has 0 amide bonds. The highest BCUT2D eigenvalue weighted by Gasteiger charge is 2.49. The number of carbonyl (C=O) groups excluding carboxylic acids is 1. The minimum atomic E-state index is -0.936. The van der Waals surface area contributed by atoms with Gasteiger partial charge in [0.2, 0.25) is 0 Å². The van der Waals surface area contributed by atoms with Gasteiger partial charge >= 0.3 is 11.9 Å². The summed E-state index contributed by atoms with van der Waals surface area (Å²) in [6.45, 7) is 0. The molecule has 1 aliphatic carbocycles. The molecule has 1 saturated heterocycles. The molecule has 1 N–H and O–H groups in total. The van der Waals surface area contributed by atoms with Crippen LogP contribution in [0.3, 0.4) is 0 Å². The molecule has 14 heavy (non-hydrogen) atoms. The Kier molecular flexibility index (Phi) is 2.43. The van der Waals surface area contributed by atoms with Gasteiger partial charge in [0.15, 0.2) is 4.93 Å². The largest absolute Gasteiger partial charge is 0.481 e. The van der Waals surface area contributed by atoms with E-state index in [1.54, 1.807) is 0 Å². The highest BCUT2D eigenvalue weighted by atomic mass is 32.2. The molecule has 1 saturated carbocycles. The van der Waals surface area contributed by atoms with E-state index in [1.165, 1.54) is 11.8 Å². The molecule has 0 aromatic carbocycles. The molecule has 2 aliphatic rings. The van der Waals surface area contributed by atoms with Crippen molar-refractivity contribution in [1.82, 2.24) is 0 Å². The quantitative estimate of drug-likeness (QED) is 0.707. The van der Waals surface area contributed by atoms with Gasteiger partial charge in [-0.1, -0.05) is 11.8 Å². The summed E-state index contributed by atoms with van der Waals surface area (Å²) in [5.41, 5.74) is 0. The number of rotatable bonds is 2. The molecule has 2 fully saturated rings. The number of aliphatic carboxylic acids is 1. The first-order valence-corrected chi connectivity index (χ1v) is 5.62. The van der Waals surface area contributed by atoms with Gasteiger partial charge in [-0.3, -0.25) is 9.59 Å². The van der Waals surface area contributed by atoms with Crippen LogP contribution in [-0.2, 0) is 14.3 Å². The second-order valence-electron chi connectivity index (χ2n) is 3.74. The van der Waals surface area contributed by atoms with Crippen LogP contribution in [0, 0.1) is 0 Å². The molecule has 2 rings (SSSR count). The van der Waals surface area contributed by atoms with E-state index in [4.69, 9.17) is 9.84 Å². The predicted octanol–water partition coefficient (Wildman–Crippen LogP) is 1.39. The molecule has 1 heterocycles. The van der Waals surface area contributed by atoms with Crippen LogP contribution in [0.15, 0.2) is 0 Å². The van der Waals surface area contributed by atoms with Crippen LogP contribution in [0.2, 0.25) is 0 Å². The van der Waals surface area contributed by atoms with Gasteiger partial charge in [-0.15, -0.1) is 0 Å². The van der Waals surface area contributed by atoms with Gasteiger partial charge in [-0.2, -0.15) is 0 Å². The number of ether oxygens (including phenoxy) is 1. The number of esters is 1. The van der Waals surface area contributed by atoms with Crippen LogP contribution in [0.5, 0.6) is 0 Å². The van der Waals surface area contributed by atoms with E-state index >= 15 is 0 Å². The van der Waals surface area contributed by atoms with Gasteiger partial charge < -0.3 is 9.84 Å². The summed E-state index contributed by atoms with van der Waals surface area (Å²) < 4.78 is 5.28. The average molecular weight is 216 g/mol. The highest BCUT2D eigenvalue weighted by molar-refractivity contribution is 8.02. The monoisotopic (exact) mass is 216 g/mol. The molecular weight excluding hydrogens is 204 g/mol. The van der Waals surface area contributed by atoms with Crippen molar-refractivity contribution in [2.24, 2.45) is 0 Å². The van der Waals surface area contributed by atoms with Crippen molar-refractivity contribution < 1.29 is 19.4 Å². The number of carboxylic acids is 1. The molecule has 1 atom stereocenters. The molecule has 1 spiro atoms. The van der Waals surface area contributed by atoms with Crippen LogP contribution in [0.4, 0.5) is 0 Å². The fourth-order valence-electron chi connectivity index (χ4n) is 2.00. The Labute approximate surface area is 86.0 Å². The molecule has 5 heteroatoms. The van der Waals surface area contributed by atoms with Crippen LogP contribution in [0.1, 0.15) is 32.1 Å². The molecule has 0 radical (unpaired) electrons. The summed E-state index contributed by atoms with van der Waals surface area (Å²) in [4.78, 5) is 21.5. The zero-order valence-electron chi connectivity index (χ0n) is 7.69. The van der Waals surface area contributed by atoms with Crippen molar-refractivity contribution in [2.75, 3.05) is 0 Å². The van der Waals surface area contributed by atoms with Crippen LogP contribution in [-0.4, -0.2) is 27.2 Å². The third kappa shape index (κ3) is 1.73. The first kappa shape index (κ1) is 9.83. The Morgan fingerprint density at radius 2 is 2.21 bits per heavy atom. The molecule has 0 aromatic heterocycles. The minimum Gasteiger partial charge on any atom is -0.481 e. The van der Waals surface area contributed by atoms with Crippen molar-refractivity contribution in [2.45, 2.75) is 42.3 Å². The van der Waals surface area contributed by atoms with E-state index in [-0.39, 0.29) is 17.3 Å². The summed E-state index contributed by atoms with van der Waals surface area (Å²) in [7, 11) is 0. The lowest BCUT2D eigenvalue weighted by Gasteiger charge is -2.19. The maximum atomic E-state index is 11.4. The standard InChI is InChI=1S/C9H12O4S/c10-7(11)5-6-8(12)13-9(14-6)3-1-2-4-9/h6H,1-5H2,(H,10,11)/t6-/m0/s1. The van der Waals surface area contributed by atoms with Gasteiger partial charge in [-0.25, -0.2) is 0 Å². The summed E-state index contributed by atoms with van der Waals surface area (Å²) in [6, 6.07) is 0. The molecule has 1 aliphatic heterocycles. The van der Waals surface area contributed by atoms with Crippen LogP contribution >= 0.6 is 11.8 Å². The fraction of sp³-hybridized carbons (Fsp3) is 0.778. The Bertz CT molecular complexity index is 270. The Morgan fingerprint density at radius 1 is 1.57 bits per heavy atom. The summed E-state index contributed by atoms with van der Waals surface area (Å²) in [6.07, 6.45) is 3.77. The van der Waals surface area contributed by atoms with Gasteiger partial charge in [-0.05, 0) is 25.7 Å². The Morgan fingerprint density at radius 3 is 2.79 bits per heavy atom. The molecule has 78 valence electrons. The van der Waals surface area contributed by atoms with E-state index in [0.717, 1.165) is 25.7 Å². The van der Waals surface area contributed by atoms with Gasteiger partial charge in [0.1, 0.15) is 5.25 Å². The van der Waals surface area contributed by atoms with Gasteiger partial charge in [0, 0.05) is 0 Å². The second-order valence-corrected chi connectivity index (χ2v) is 5.29. The maximum Gasteiger partial charge on any atom is 0.321 e. The van der Waals surface area contributed by atoms with Gasteiger partial charge in [0.25, 0.3) is 0 Å². The van der Waals surface area contributed by atoms with Crippen LogP contribution < -0.4 is 0 Å². The number of hydrogen-bond donors (Lipinski definition) is 1. The highest BCUT2D eigenvalue weighted by Crippen LogP contribution is 2.50. The summed E-state index contributed by atoms with van der Waals surface area (Å²) in [5.74, 6) is -1.28. The summed E-state index contributed by atoms with van der Waals surface area (Å²) in [5, 5.41) is 8.11. The van der Waals surface area contributed by atoms with Crippen molar-refractivity contribution in [3.8, 4) is 0 Å². The number of thioether (sulfide) groups is 1. The molecule has 4 nitrogen and oxygen atoms in total. The van der Waals surface area contributed by atoms with Gasteiger partial charge in [0.05, 0.1) is 6.42 Å². The third-order valence-corrected chi connectivity index (χ3v) is 4.20. The van der Waals surface area contributed by atoms with E-state index in [1.807, 2.05) is 0 Å². The molecular formula is C9H12O4S. The molecule has 0 aromatic rings. The SMILES string of the molecule is O=C(O)C[C@@H]1SC2(CCCC2)OC1=O. The third-order valence-electron chi connectivity index (χ3n) is 2.63.